The molecule has 0 fully saturated rings. The van der Waals surface area contributed by atoms with Crippen LogP contribution in [0.3, 0.4) is 0 Å². The summed E-state index contributed by atoms with van der Waals surface area (Å²) in [6.45, 7) is 1.60. The fourth-order valence-electron chi connectivity index (χ4n) is 2.21. The molecule has 0 saturated carbocycles. The molecule has 1 unspecified atom stereocenters. The second-order valence-corrected chi connectivity index (χ2v) is 4.04. The molecule has 1 aromatic heterocycles. The maximum atomic E-state index is 5.82. The molecule has 0 N–H and O–H groups in total. The van der Waals surface area contributed by atoms with E-state index in [2.05, 4.69) is 29.4 Å². The Bertz CT molecular complexity index is 465. The van der Waals surface area contributed by atoms with Gasteiger partial charge in [-0.3, -0.25) is 4.68 Å². The summed E-state index contributed by atoms with van der Waals surface area (Å²) in [6.07, 6.45) is 4.94. The summed E-state index contributed by atoms with van der Waals surface area (Å²) in [5, 5.41) is 4.22. The molecule has 3 rings (SSSR count). The van der Waals surface area contributed by atoms with E-state index in [0.717, 1.165) is 19.6 Å². The van der Waals surface area contributed by atoms with E-state index in [4.69, 9.17) is 4.74 Å². The van der Waals surface area contributed by atoms with Crippen LogP contribution in [0.2, 0.25) is 0 Å². The lowest BCUT2D eigenvalue weighted by Crippen LogP contribution is -2.20. The molecule has 1 aromatic carbocycles. The third kappa shape index (κ3) is 1.74. The lowest BCUT2D eigenvalue weighted by molar-refractivity contribution is 0.0283. The highest BCUT2D eigenvalue weighted by Gasteiger charge is 2.20. The topological polar surface area (TPSA) is 27.1 Å². The minimum atomic E-state index is 0.143. The van der Waals surface area contributed by atoms with E-state index < -0.39 is 0 Å². The van der Waals surface area contributed by atoms with Gasteiger partial charge in [-0.1, -0.05) is 24.3 Å². The van der Waals surface area contributed by atoms with E-state index in [9.17, 15) is 0 Å². The second-order valence-electron chi connectivity index (χ2n) is 4.04. The standard InChI is InChI=1S/C13H14N2O/c1-2-5-12-11(4-1)6-9-16-13(12)10-15-8-3-7-14-15/h1-5,7-8,13H,6,9-10H2. The van der Waals surface area contributed by atoms with Gasteiger partial charge in [0.05, 0.1) is 13.2 Å². The molecule has 0 spiro atoms. The predicted molar refractivity (Wildman–Crippen MR) is 61.1 cm³/mol. The third-order valence-electron chi connectivity index (χ3n) is 3.00. The summed E-state index contributed by atoms with van der Waals surface area (Å²) in [4.78, 5) is 0. The van der Waals surface area contributed by atoms with Crippen molar-refractivity contribution in [3.63, 3.8) is 0 Å². The molecular weight excluding hydrogens is 200 g/mol. The van der Waals surface area contributed by atoms with E-state index in [1.165, 1.54) is 11.1 Å². The molecule has 0 saturated heterocycles. The lowest BCUT2D eigenvalue weighted by atomic mass is 9.98. The first-order valence-electron chi connectivity index (χ1n) is 5.60. The summed E-state index contributed by atoms with van der Waals surface area (Å²) in [5.41, 5.74) is 2.72. The van der Waals surface area contributed by atoms with Crippen LogP contribution < -0.4 is 0 Å². The zero-order valence-electron chi connectivity index (χ0n) is 9.04. The molecule has 2 heterocycles. The highest BCUT2D eigenvalue weighted by Crippen LogP contribution is 2.27. The van der Waals surface area contributed by atoms with Crippen molar-refractivity contribution in [2.24, 2.45) is 0 Å². The summed E-state index contributed by atoms with van der Waals surface area (Å²) >= 11 is 0. The van der Waals surface area contributed by atoms with Gasteiger partial charge in [0.25, 0.3) is 0 Å². The SMILES string of the molecule is c1ccc2c(c1)CCOC2Cn1cccn1. The van der Waals surface area contributed by atoms with Gasteiger partial charge < -0.3 is 4.74 Å². The molecule has 3 nitrogen and oxygen atoms in total. The van der Waals surface area contributed by atoms with Crippen LogP contribution in [0.25, 0.3) is 0 Å². The predicted octanol–water partition coefficient (Wildman–Crippen LogP) is 2.20. The molecule has 1 aliphatic rings. The van der Waals surface area contributed by atoms with E-state index >= 15 is 0 Å². The highest BCUT2D eigenvalue weighted by atomic mass is 16.5. The number of fused-ring (bicyclic) bond motifs is 1. The van der Waals surface area contributed by atoms with Gasteiger partial charge in [-0.25, -0.2) is 0 Å². The maximum absolute atomic E-state index is 5.82. The quantitative estimate of drug-likeness (QED) is 0.766. The zero-order chi connectivity index (χ0) is 10.8. The van der Waals surface area contributed by atoms with Crippen LogP contribution >= 0.6 is 0 Å². The molecule has 16 heavy (non-hydrogen) atoms. The first kappa shape index (κ1) is 9.60. The van der Waals surface area contributed by atoms with Crippen LogP contribution in [0.1, 0.15) is 17.2 Å². The monoisotopic (exact) mass is 214 g/mol. The average Bonchev–Trinajstić information content (AvgIpc) is 2.82. The van der Waals surface area contributed by atoms with Crippen molar-refractivity contribution in [3.05, 3.63) is 53.9 Å². The highest BCUT2D eigenvalue weighted by molar-refractivity contribution is 5.30. The fourth-order valence-corrected chi connectivity index (χ4v) is 2.21. The molecule has 0 amide bonds. The Morgan fingerprint density at radius 1 is 1.31 bits per heavy atom. The van der Waals surface area contributed by atoms with Crippen molar-refractivity contribution in [3.8, 4) is 0 Å². The third-order valence-corrected chi connectivity index (χ3v) is 3.00. The molecule has 0 radical (unpaired) electrons. The molecule has 1 atom stereocenters. The van der Waals surface area contributed by atoms with Gasteiger partial charge >= 0.3 is 0 Å². The van der Waals surface area contributed by atoms with Gasteiger partial charge in [0.2, 0.25) is 0 Å². The zero-order valence-corrected chi connectivity index (χ0v) is 9.04. The van der Waals surface area contributed by atoms with E-state index in [1.54, 1.807) is 6.20 Å². The van der Waals surface area contributed by atoms with Gasteiger partial charge in [-0.15, -0.1) is 0 Å². The minimum absolute atomic E-state index is 0.143. The van der Waals surface area contributed by atoms with Crippen molar-refractivity contribution in [1.29, 1.82) is 0 Å². The molecule has 0 aliphatic carbocycles. The Balaban J connectivity index is 1.87. The van der Waals surface area contributed by atoms with Gasteiger partial charge in [0.1, 0.15) is 6.10 Å². The molecule has 3 heteroatoms. The van der Waals surface area contributed by atoms with Gasteiger partial charge in [0, 0.05) is 12.4 Å². The number of benzene rings is 1. The molecule has 82 valence electrons. The van der Waals surface area contributed by atoms with Crippen molar-refractivity contribution >= 4 is 0 Å². The maximum Gasteiger partial charge on any atom is 0.102 e. The van der Waals surface area contributed by atoms with Crippen molar-refractivity contribution in [2.45, 2.75) is 19.1 Å². The first-order chi connectivity index (χ1) is 7.93. The van der Waals surface area contributed by atoms with E-state index in [-0.39, 0.29) is 6.10 Å². The van der Waals surface area contributed by atoms with Gasteiger partial charge in [-0.2, -0.15) is 5.10 Å². The Morgan fingerprint density at radius 3 is 3.12 bits per heavy atom. The van der Waals surface area contributed by atoms with Gasteiger partial charge in [-0.05, 0) is 23.6 Å². The summed E-state index contributed by atoms with van der Waals surface area (Å²) in [5.74, 6) is 0. The van der Waals surface area contributed by atoms with Crippen LogP contribution in [0.4, 0.5) is 0 Å². The Kier molecular flexibility index (Phi) is 2.46. The molecule has 2 aromatic rings. The number of hydrogen-bond donors (Lipinski definition) is 0. The van der Waals surface area contributed by atoms with E-state index in [1.807, 2.05) is 16.9 Å². The Labute approximate surface area is 94.7 Å². The van der Waals surface area contributed by atoms with Crippen molar-refractivity contribution < 1.29 is 4.74 Å². The normalized spacial score (nSPS) is 19.4. The van der Waals surface area contributed by atoms with Crippen molar-refractivity contribution in [2.75, 3.05) is 6.61 Å². The number of hydrogen-bond acceptors (Lipinski definition) is 2. The number of rotatable bonds is 2. The summed E-state index contributed by atoms with van der Waals surface area (Å²) < 4.78 is 7.74. The fraction of sp³-hybridized carbons (Fsp3) is 0.308. The van der Waals surface area contributed by atoms with E-state index in [0.29, 0.717) is 0 Å². The summed E-state index contributed by atoms with van der Waals surface area (Å²) in [6, 6.07) is 10.4. The summed E-state index contributed by atoms with van der Waals surface area (Å²) in [7, 11) is 0. The number of aromatic nitrogens is 2. The molecule has 0 bridgehead atoms. The number of ether oxygens (including phenoxy) is 1. The Morgan fingerprint density at radius 2 is 2.25 bits per heavy atom. The van der Waals surface area contributed by atoms with Crippen LogP contribution in [0, 0.1) is 0 Å². The smallest absolute Gasteiger partial charge is 0.102 e. The Hall–Kier alpha value is -1.61. The average molecular weight is 214 g/mol. The lowest BCUT2D eigenvalue weighted by Gasteiger charge is -2.25. The van der Waals surface area contributed by atoms with Crippen LogP contribution in [-0.4, -0.2) is 16.4 Å². The number of nitrogens with zero attached hydrogens (tertiary/aromatic N) is 2. The van der Waals surface area contributed by atoms with Gasteiger partial charge in [0.15, 0.2) is 0 Å². The second kappa shape index (κ2) is 4.10. The molecular formula is C13H14N2O. The van der Waals surface area contributed by atoms with Crippen LogP contribution in [-0.2, 0) is 17.7 Å². The molecule has 1 aliphatic heterocycles. The van der Waals surface area contributed by atoms with Crippen LogP contribution in [0.15, 0.2) is 42.7 Å². The largest absolute Gasteiger partial charge is 0.371 e. The van der Waals surface area contributed by atoms with Crippen LogP contribution in [0.5, 0.6) is 0 Å². The minimum Gasteiger partial charge on any atom is -0.371 e. The first-order valence-corrected chi connectivity index (χ1v) is 5.60. The van der Waals surface area contributed by atoms with Crippen molar-refractivity contribution in [1.82, 2.24) is 9.78 Å².